The van der Waals surface area contributed by atoms with Crippen LogP contribution in [0.25, 0.3) is 0 Å². The Morgan fingerprint density at radius 2 is 2.00 bits per heavy atom. The van der Waals surface area contributed by atoms with Crippen molar-refractivity contribution in [2.45, 2.75) is 57.3 Å². The molecule has 3 rings (SSSR count). The number of hydrogen-bond acceptors (Lipinski definition) is 5. The van der Waals surface area contributed by atoms with Crippen LogP contribution in [-0.4, -0.2) is 34.9 Å². The van der Waals surface area contributed by atoms with E-state index in [9.17, 15) is 14.7 Å². The predicted octanol–water partition coefficient (Wildman–Crippen LogP) is 2.76. The molecule has 3 aliphatic rings. The number of fused-ring (bicyclic) bond motifs is 2. The minimum absolute atomic E-state index is 0.150. The predicted molar refractivity (Wildman–Crippen MR) is 92.5 cm³/mol. The average molecular weight is 344 g/mol. The lowest BCUT2D eigenvalue weighted by Gasteiger charge is -2.23. The summed E-state index contributed by atoms with van der Waals surface area (Å²) in [5.41, 5.74) is 1.03. The Hall–Kier alpha value is -2.14. The van der Waals surface area contributed by atoms with Crippen molar-refractivity contribution in [1.29, 1.82) is 0 Å². The number of allylic oxidation sites excluding steroid dienone is 1. The normalized spacial score (nSPS) is 39.5. The zero-order chi connectivity index (χ0) is 18.2. The fourth-order valence-corrected chi connectivity index (χ4v) is 3.55. The van der Waals surface area contributed by atoms with Gasteiger partial charge < -0.3 is 14.6 Å². The molecule has 4 atom stereocenters. The second kappa shape index (κ2) is 6.64. The molecule has 1 N–H and O–H groups in total. The lowest BCUT2D eigenvalue weighted by Crippen LogP contribution is -2.24. The van der Waals surface area contributed by atoms with Gasteiger partial charge >= 0.3 is 11.9 Å². The molecular weight excluding hydrogens is 320 g/mol. The first kappa shape index (κ1) is 17.7. The summed E-state index contributed by atoms with van der Waals surface area (Å²) in [6.45, 7) is 7.52. The summed E-state index contributed by atoms with van der Waals surface area (Å²) >= 11 is 0. The van der Waals surface area contributed by atoms with Crippen molar-refractivity contribution in [2.75, 3.05) is 0 Å². The molecule has 0 aromatic rings. The molecular formula is C20H24O5. The Bertz CT molecular complexity index is 695. The maximum absolute atomic E-state index is 11.9. The molecule has 2 heterocycles. The van der Waals surface area contributed by atoms with Gasteiger partial charge in [-0.1, -0.05) is 24.3 Å². The average Bonchev–Trinajstić information content (AvgIpc) is 2.97. The van der Waals surface area contributed by atoms with Crippen molar-refractivity contribution in [3.05, 3.63) is 47.6 Å². The van der Waals surface area contributed by atoms with Crippen molar-refractivity contribution in [3.8, 4) is 0 Å². The summed E-state index contributed by atoms with van der Waals surface area (Å²) in [4.78, 5) is 23.9. The van der Waals surface area contributed by atoms with Gasteiger partial charge in [-0.3, -0.25) is 0 Å². The van der Waals surface area contributed by atoms with Gasteiger partial charge in [0.15, 0.2) is 0 Å². The van der Waals surface area contributed by atoms with Gasteiger partial charge in [0.25, 0.3) is 0 Å². The Kier molecular flexibility index (Phi) is 4.69. The molecule has 0 saturated carbocycles. The van der Waals surface area contributed by atoms with E-state index in [-0.39, 0.29) is 30.1 Å². The highest BCUT2D eigenvalue weighted by atomic mass is 16.6. The highest BCUT2D eigenvalue weighted by Crippen LogP contribution is 2.35. The SMILES string of the molecule is C=C1C(=O)O[C@H]2/C=C(\C)C[C@@H]3C=C(C/C=C\[C@@](C)(O)CC[C@H]12)C(=O)O3. The smallest absolute Gasteiger partial charge is 0.334 e. The summed E-state index contributed by atoms with van der Waals surface area (Å²) in [6, 6.07) is 0. The summed E-state index contributed by atoms with van der Waals surface area (Å²) in [5.74, 6) is -0.842. The number of carbonyl (C=O) groups excluding carboxylic acids is 2. The molecule has 5 heteroatoms. The van der Waals surface area contributed by atoms with Gasteiger partial charge in [0.2, 0.25) is 0 Å². The van der Waals surface area contributed by atoms with E-state index in [1.807, 2.05) is 19.1 Å². The second-order valence-electron chi connectivity index (χ2n) is 7.36. The van der Waals surface area contributed by atoms with Crippen LogP contribution in [0.1, 0.15) is 39.5 Å². The van der Waals surface area contributed by atoms with Crippen molar-refractivity contribution in [1.82, 2.24) is 0 Å². The van der Waals surface area contributed by atoms with Crippen molar-refractivity contribution in [2.24, 2.45) is 5.92 Å². The van der Waals surface area contributed by atoms with Crippen LogP contribution in [0.2, 0.25) is 0 Å². The molecule has 5 nitrogen and oxygen atoms in total. The first-order chi connectivity index (χ1) is 11.7. The van der Waals surface area contributed by atoms with Crippen LogP contribution in [0, 0.1) is 5.92 Å². The molecule has 0 radical (unpaired) electrons. The third-order valence-corrected chi connectivity index (χ3v) is 5.01. The standard InChI is InChI=1S/C20H24O5/c1-12-9-15-11-14(19(22)24-15)5-4-7-20(3,23)8-6-16-13(2)18(21)25-17(16)10-12/h4,7,10-11,15-17,23H,2,5-6,8-9H2,1,3H3/b7-4-,12-10+/t15-,16-,17+,20-/m1/s1. The van der Waals surface area contributed by atoms with Crippen molar-refractivity contribution >= 4 is 11.9 Å². The molecule has 2 bridgehead atoms. The van der Waals surface area contributed by atoms with E-state index in [1.54, 1.807) is 19.1 Å². The van der Waals surface area contributed by atoms with Crippen LogP contribution in [0.15, 0.2) is 47.6 Å². The lowest BCUT2D eigenvalue weighted by molar-refractivity contribution is -0.139. The van der Waals surface area contributed by atoms with E-state index in [1.165, 1.54) is 0 Å². The molecule has 1 fully saturated rings. The summed E-state index contributed by atoms with van der Waals surface area (Å²) in [6.07, 6.45) is 8.65. The van der Waals surface area contributed by atoms with E-state index in [0.29, 0.717) is 36.8 Å². The zero-order valence-corrected chi connectivity index (χ0v) is 14.7. The van der Waals surface area contributed by atoms with Gasteiger partial charge in [0.1, 0.15) is 12.2 Å². The third kappa shape index (κ3) is 3.93. The molecule has 0 aromatic heterocycles. The molecule has 2 aliphatic heterocycles. The van der Waals surface area contributed by atoms with E-state index in [4.69, 9.17) is 9.47 Å². The summed E-state index contributed by atoms with van der Waals surface area (Å²) in [5, 5.41) is 10.6. The monoisotopic (exact) mass is 344 g/mol. The molecule has 0 spiro atoms. The Labute approximate surface area is 147 Å². The molecule has 1 aliphatic carbocycles. The molecule has 134 valence electrons. The highest BCUT2D eigenvalue weighted by molar-refractivity contribution is 5.91. The fourth-order valence-electron chi connectivity index (χ4n) is 3.55. The molecule has 1 saturated heterocycles. The Morgan fingerprint density at radius 3 is 2.76 bits per heavy atom. The van der Waals surface area contributed by atoms with E-state index in [2.05, 4.69) is 6.58 Å². The highest BCUT2D eigenvalue weighted by Gasteiger charge is 2.38. The topological polar surface area (TPSA) is 72.8 Å². The minimum atomic E-state index is -1.03. The zero-order valence-electron chi connectivity index (χ0n) is 14.7. The number of esters is 2. The van der Waals surface area contributed by atoms with Gasteiger partial charge in [-0.25, -0.2) is 9.59 Å². The first-order valence-electron chi connectivity index (χ1n) is 8.64. The fraction of sp³-hybridized carbons (Fsp3) is 0.500. The molecule has 0 unspecified atom stereocenters. The second-order valence-corrected chi connectivity index (χ2v) is 7.36. The van der Waals surface area contributed by atoms with Gasteiger partial charge in [0, 0.05) is 23.5 Å². The van der Waals surface area contributed by atoms with Crippen LogP contribution in [0.4, 0.5) is 0 Å². The number of rotatable bonds is 0. The minimum Gasteiger partial charge on any atom is -0.454 e. The van der Waals surface area contributed by atoms with Crippen LogP contribution >= 0.6 is 0 Å². The quantitative estimate of drug-likeness (QED) is 0.416. The summed E-state index contributed by atoms with van der Waals surface area (Å²) in [7, 11) is 0. The van der Waals surface area contributed by atoms with E-state index in [0.717, 1.165) is 5.57 Å². The van der Waals surface area contributed by atoms with Gasteiger partial charge in [-0.05, 0) is 45.3 Å². The van der Waals surface area contributed by atoms with Crippen LogP contribution in [-0.2, 0) is 19.1 Å². The lowest BCUT2D eigenvalue weighted by atomic mass is 9.86. The van der Waals surface area contributed by atoms with Crippen molar-refractivity contribution in [3.63, 3.8) is 0 Å². The molecule has 0 aromatic carbocycles. The van der Waals surface area contributed by atoms with Crippen LogP contribution in [0.3, 0.4) is 0 Å². The molecule has 25 heavy (non-hydrogen) atoms. The van der Waals surface area contributed by atoms with Gasteiger partial charge in [-0.2, -0.15) is 0 Å². The Balaban J connectivity index is 1.90. The third-order valence-electron chi connectivity index (χ3n) is 5.01. The van der Waals surface area contributed by atoms with Gasteiger partial charge in [-0.15, -0.1) is 0 Å². The maximum atomic E-state index is 11.9. The number of ether oxygens (including phenoxy) is 2. The summed E-state index contributed by atoms with van der Waals surface area (Å²) < 4.78 is 10.8. The number of carbonyl (C=O) groups is 2. The van der Waals surface area contributed by atoms with Crippen LogP contribution < -0.4 is 0 Å². The van der Waals surface area contributed by atoms with Crippen molar-refractivity contribution < 1.29 is 24.2 Å². The maximum Gasteiger partial charge on any atom is 0.334 e. The van der Waals surface area contributed by atoms with Gasteiger partial charge in [0.05, 0.1) is 5.60 Å². The largest absolute Gasteiger partial charge is 0.454 e. The first-order valence-corrected chi connectivity index (χ1v) is 8.64. The van der Waals surface area contributed by atoms with E-state index < -0.39 is 5.60 Å². The number of hydrogen-bond donors (Lipinski definition) is 1. The Morgan fingerprint density at radius 1 is 1.24 bits per heavy atom. The van der Waals surface area contributed by atoms with Crippen LogP contribution in [0.5, 0.6) is 0 Å². The van der Waals surface area contributed by atoms with E-state index >= 15 is 0 Å². The number of aliphatic hydroxyl groups is 1. The molecule has 0 amide bonds.